The van der Waals surface area contributed by atoms with Crippen molar-refractivity contribution in [3.05, 3.63) is 46.5 Å². The van der Waals surface area contributed by atoms with Crippen LogP contribution in [0.25, 0.3) is 0 Å². The maximum atomic E-state index is 14.4. The number of ether oxygens (including phenoxy) is 5. The fourth-order valence-electron chi connectivity index (χ4n) is 9.82. The summed E-state index contributed by atoms with van der Waals surface area (Å²) in [6.45, 7) is 11.2. The van der Waals surface area contributed by atoms with Crippen LogP contribution in [0, 0.1) is 5.92 Å². The maximum Gasteiger partial charge on any atom is 0.409 e. The van der Waals surface area contributed by atoms with Gasteiger partial charge in [-0.05, 0) is 70.6 Å². The second-order valence-corrected chi connectivity index (χ2v) is 22.6. The quantitative estimate of drug-likeness (QED) is 0.0932. The molecule has 9 unspecified atom stereocenters. The Bertz CT molecular complexity index is 2350. The summed E-state index contributed by atoms with van der Waals surface area (Å²) in [5.74, 6) is -2.83. The van der Waals surface area contributed by atoms with E-state index in [9.17, 15) is 43.5 Å². The number of methoxy groups -OCH3 is 2. The highest BCUT2D eigenvalue weighted by Gasteiger charge is 2.64. The predicted molar refractivity (Wildman–Crippen MR) is 267 cm³/mol. The first-order valence-electron chi connectivity index (χ1n) is 24.5. The molecule has 7 amide bonds. The lowest BCUT2D eigenvalue weighted by Gasteiger charge is -2.42. The Kier molecular flexibility index (Phi) is 18.0. The normalized spacial score (nSPS) is 29.8. The van der Waals surface area contributed by atoms with Crippen molar-refractivity contribution in [1.29, 1.82) is 0 Å². The second kappa shape index (κ2) is 23.0. The van der Waals surface area contributed by atoms with Crippen LogP contribution in [0.4, 0.5) is 10.5 Å². The number of imide groups is 2. The molecule has 5 heterocycles. The van der Waals surface area contributed by atoms with Gasteiger partial charge in [-0.3, -0.25) is 43.9 Å². The number of esters is 1. The number of aliphatic hydroxyl groups is 1. The van der Waals surface area contributed by atoms with E-state index < -0.39 is 75.7 Å². The van der Waals surface area contributed by atoms with Crippen LogP contribution in [-0.2, 0) is 58.9 Å². The Balaban J connectivity index is 1.13. The maximum absolute atomic E-state index is 14.4. The summed E-state index contributed by atoms with van der Waals surface area (Å²) in [7, 11) is 5.92. The minimum absolute atomic E-state index is 0.00146. The third-order valence-corrected chi connectivity index (χ3v) is 16.4. The van der Waals surface area contributed by atoms with Crippen molar-refractivity contribution in [3.8, 4) is 5.75 Å². The fourth-order valence-corrected chi connectivity index (χ4v) is 11.6. The number of likely N-dealkylation sites (tertiary alicyclic amines) is 2. The van der Waals surface area contributed by atoms with Crippen LogP contribution in [0.15, 0.2) is 35.9 Å². The van der Waals surface area contributed by atoms with Crippen LogP contribution in [0.3, 0.4) is 0 Å². The smallest absolute Gasteiger partial charge is 0.409 e. The molecular formula is C51H70ClN5O14S. The fraction of sp³-hybridized carbons (Fsp3) is 0.647. The molecular weight excluding hydrogens is 974 g/mol. The van der Waals surface area contributed by atoms with Gasteiger partial charge < -0.3 is 38.6 Å². The molecule has 5 aliphatic rings. The zero-order chi connectivity index (χ0) is 53.0. The summed E-state index contributed by atoms with van der Waals surface area (Å²) in [4.78, 5) is 111. The Morgan fingerprint density at radius 2 is 1.68 bits per heavy atom. The van der Waals surface area contributed by atoms with Crippen LogP contribution in [0.2, 0.25) is 5.02 Å². The zero-order valence-corrected chi connectivity index (χ0v) is 44.5. The molecule has 9 atom stereocenters. The number of amides is 7. The van der Waals surface area contributed by atoms with E-state index in [0.29, 0.717) is 50.1 Å². The van der Waals surface area contributed by atoms with Gasteiger partial charge in [0, 0.05) is 77.1 Å². The van der Waals surface area contributed by atoms with Gasteiger partial charge in [0.25, 0.3) is 0 Å². The van der Waals surface area contributed by atoms with E-state index in [2.05, 4.69) is 5.32 Å². The summed E-state index contributed by atoms with van der Waals surface area (Å²) in [5.41, 5.74) is -1.16. The first-order valence-corrected chi connectivity index (χ1v) is 25.8. The average Bonchev–Trinajstić information content (AvgIpc) is 3.83. The molecule has 21 heteroatoms. The van der Waals surface area contributed by atoms with Gasteiger partial charge in [-0.1, -0.05) is 56.2 Å². The van der Waals surface area contributed by atoms with Crippen molar-refractivity contribution in [2.24, 2.45) is 5.92 Å². The van der Waals surface area contributed by atoms with E-state index in [1.54, 1.807) is 45.2 Å². The van der Waals surface area contributed by atoms with Crippen molar-refractivity contribution in [1.82, 2.24) is 20.0 Å². The highest BCUT2D eigenvalue weighted by molar-refractivity contribution is 8.02. The van der Waals surface area contributed by atoms with E-state index in [4.69, 9.17) is 35.3 Å². The lowest BCUT2D eigenvalue weighted by atomic mass is 9.83. The van der Waals surface area contributed by atoms with Crippen LogP contribution in [0.5, 0.6) is 5.75 Å². The molecule has 0 radical (unpaired) electrons. The molecule has 0 aliphatic carbocycles. The summed E-state index contributed by atoms with van der Waals surface area (Å²) in [5, 5.41) is 13.9. The van der Waals surface area contributed by atoms with E-state index in [1.165, 1.54) is 59.6 Å². The largest absolute Gasteiger partial charge is 0.495 e. The van der Waals surface area contributed by atoms with Gasteiger partial charge in [0.1, 0.15) is 40.7 Å². The molecule has 0 aromatic heterocycles. The number of unbranched alkanes of at least 4 members (excludes halogenated alkanes) is 2. The Labute approximate surface area is 430 Å². The van der Waals surface area contributed by atoms with Gasteiger partial charge >= 0.3 is 12.1 Å². The van der Waals surface area contributed by atoms with Crippen LogP contribution in [-0.4, -0.2) is 160 Å². The molecule has 1 aromatic rings. The molecule has 4 bridgehead atoms. The summed E-state index contributed by atoms with van der Waals surface area (Å²) >= 11 is 8.15. The lowest BCUT2D eigenvalue weighted by Crippen LogP contribution is -2.63. The highest BCUT2D eigenvalue weighted by atomic mass is 35.5. The second-order valence-electron chi connectivity index (χ2n) is 20.4. The topological polar surface area (TPSA) is 231 Å². The molecule has 72 heavy (non-hydrogen) atoms. The standard InChI is InChI=1S/C51H70ClN5O14S/c1-29-15-14-16-37(68-10)51(66)28-35(69-48(65)53-51)30(2)45-50(6,71-45)38(27-42(61)55(8)33-24-32(23-29)25-34(67-9)44(33)52)70-47(64)31(3)54(7)39(58)19-20-49(4,5)72-36-26-43(62)57(46(36)63)22-13-11-12-21-56-40(59)17-18-41(56)60/h14-16,24-25,30-31,35-38,45,66H,11-13,17-23,26-28H2,1-10H3,(H,53,65)/b16-14+,29-15+. The van der Waals surface area contributed by atoms with Crippen molar-refractivity contribution >= 4 is 76.6 Å². The molecule has 6 rings (SSSR count). The van der Waals surface area contributed by atoms with Gasteiger partial charge in [0.2, 0.25) is 35.4 Å². The number of nitrogens with zero attached hydrogens (tertiary/aromatic N) is 4. The number of benzene rings is 1. The van der Waals surface area contributed by atoms with Gasteiger partial charge in [-0.25, -0.2) is 9.59 Å². The summed E-state index contributed by atoms with van der Waals surface area (Å²) in [6, 6.07) is 2.42. The number of rotatable bonds is 16. The Morgan fingerprint density at radius 1 is 1.01 bits per heavy atom. The number of fused-ring (bicyclic) bond motifs is 5. The highest BCUT2D eigenvalue weighted by Crippen LogP contribution is 2.49. The van der Waals surface area contributed by atoms with Crippen LogP contribution < -0.4 is 15.0 Å². The van der Waals surface area contributed by atoms with Crippen molar-refractivity contribution in [2.45, 2.75) is 164 Å². The third kappa shape index (κ3) is 12.8. The minimum Gasteiger partial charge on any atom is -0.495 e. The Hall–Kier alpha value is -5.02. The van der Waals surface area contributed by atoms with E-state index in [1.807, 2.05) is 26.8 Å². The Morgan fingerprint density at radius 3 is 2.33 bits per heavy atom. The predicted octanol–water partition coefficient (Wildman–Crippen LogP) is 5.25. The molecule has 2 N–H and O–H groups in total. The number of nitrogens with one attached hydrogen (secondary N) is 1. The molecule has 4 fully saturated rings. The van der Waals surface area contributed by atoms with Crippen molar-refractivity contribution < 1.29 is 67.1 Å². The van der Waals surface area contributed by atoms with Gasteiger partial charge in [-0.2, -0.15) is 0 Å². The van der Waals surface area contributed by atoms with Gasteiger partial charge in [0.15, 0.2) is 5.72 Å². The molecule has 5 aliphatic heterocycles. The number of anilines is 1. The molecule has 1 aromatic carbocycles. The van der Waals surface area contributed by atoms with Gasteiger partial charge in [-0.15, -0.1) is 11.8 Å². The first-order chi connectivity index (χ1) is 33.8. The number of alkyl carbamates (subject to hydrolysis) is 1. The van der Waals surface area contributed by atoms with E-state index in [-0.39, 0.29) is 79.6 Å². The number of hydrogen-bond donors (Lipinski definition) is 2. The number of halogens is 1. The van der Waals surface area contributed by atoms with Crippen molar-refractivity contribution in [3.63, 3.8) is 0 Å². The number of carbonyl (C=O) groups excluding carboxylic acids is 8. The lowest BCUT2D eigenvalue weighted by molar-refractivity contribution is -0.162. The molecule has 396 valence electrons. The number of likely N-dealkylation sites (N-methyl/N-ethyl adjacent to an activating group) is 1. The summed E-state index contributed by atoms with van der Waals surface area (Å²) in [6.07, 6.45) is 3.01. The van der Waals surface area contributed by atoms with E-state index >= 15 is 0 Å². The third-order valence-electron chi connectivity index (χ3n) is 14.5. The first kappa shape index (κ1) is 56.3. The molecule has 19 nitrogen and oxygen atoms in total. The number of epoxide rings is 1. The van der Waals surface area contributed by atoms with Gasteiger partial charge in [0.05, 0.1) is 30.6 Å². The number of thioether (sulfide) groups is 1. The molecule has 0 spiro atoms. The number of carbonyl (C=O) groups is 8. The van der Waals surface area contributed by atoms with Crippen LogP contribution >= 0.6 is 23.4 Å². The summed E-state index contributed by atoms with van der Waals surface area (Å²) < 4.78 is 28.9. The molecule has 0 saturated carbocycles. The number of allylic oxidation sites excluding steroid dienone is 3. The van der Waals surface area contributed by atoms with E-state index in [0.717, 1.165) is 11.1 Å². The van der Waals surface area contributed by atoms with Crippen molar-refractivity contribution in [2.75, 3.05) is 46.3 Å². The zero-order valence-electron chi connectivity index (χ0n) is 43.0. The van der Waals surface area contributed by atoms with Crippen LogP contribution in [0.1, 0.15) is 111 Å². The monoisotopic (exact) mass is 1040 g/mol. The SMILES string of the molecule is COc1cc2cc(c1Cl)N(C)C(=O)CC(OC(=O)C(C)N(C)C(=O)CCC(C)(C)SC1CC(=O)N(CCCCCN3C(=O)CCC3=O)C1=O)C1(C)OC1C(C)C1CC(O)(NC(=O)O1)C(OC)/C=C/C=C(\C)C2. The average molecular weight is 1040 g/mol. The minimum atomic E-state index is -1.88. The molecule has 4 saturated heterocycles. The number of hydrogen-bond acceptors (Lipinski definition) is 15.